The van der Waals surface area contributed by atoms with Crippen molar-refractivity contribution in [1.82, 2.24) is 0 Å². The monoisotopic (exact) mass is 160 g/mol. The highest BCUT2D eigenvalue weighted by Gasteiger charge is 2.35. The van der Waals surface area contributed by atoms with Crippen LogP contribution in [-0.4, -0.2) is 17.4 Å². The molecule has 0 aromatic rings. The average Bonchev–Trinajstić information content (AvgIpc) is 1.56. The summed E-state index contributed by atoms with van der Waals surface area (Å²) < 4.78 is 5.55. The van der Waals surface area contributed by atoms with Gasteiger partial charge in [0.1, 0.15) is 0 Å². The standard InChI is InChI=1S/C8H20N2O/c1-6(2)11-7(3,4)8(5,9)10/h6H,9-10H2,1-5H3. The Kier molecular flexibility index (Phi) is 3.06. The Balaban J connectivity index is 4.22. The van der Waals surface area contributed by atoms with Crippen molar-refractivity contribution in [2.24, 2.45) is 11.5 Å². The van der Waals surface area contributed by atoms with Crippen LogP contribution < -0.4 is 11.5 Å². The van der Waals surface area contributed by atoms with Crippen molar-refractivity contribution in [2.75, 3.05) is 0 Å². The van der Waals surface area contributed by atoms with Crippen LogP contribution in [0.1, 0.15) is 34.6 Å². The fourth-order valence-corrected chi connectivity index (χ4v) is 0.716. The summed E-state index contributed by atoms with van der Waals surface area (Å²) in [7, 11) is 0. The zero-order valence-electron chi connectivity index (χ0n) is 8.14. The number of hydrogen-bond donors (Lipinski definition) is 2. The summed E-state index contributed by atoms with van der Waals surface area (Å²) in [6, 6.07) is 0. The van der Waals surface area contributed by atoms with Crippen molar-refractivity contribution in [2.45, 2.75) is 52.0 Å². The lowest BCUT2D eigenvalue weighted by molar-refractivity contribution is -0.0967. The SMILES string of the molecule is CC(C)OC(C)(C)C(C)(N)N. The van der Waals surface area contributed by atoms with E-state index in [1.807, 2.05) is 27.7 Å². The fraction of sp³-hybridized carbons (Fsp3) is 1.00. The normalized spacial score (nSPS) is 14.2. The zero-order chi connectivity index (χ0) is 9.28. The number of rotatable bonds is 3. The third kappa shape index (κ3) is 3.18. The summed E-state index contributed by atoms with van der Waals surface area (Å²) in [5.74, 6) is 0. The molecule has 3 nitrogen and oxygen atoms in total. The van der Waals surface area contributed by atoms with Crippen LogP contribution in [0.3, 0.4) is 0 Å². The van der Waals surface area contributed by atoms with E-state index in [2.05, 4.69) is 0 Å². The molecule has 0 aliphatic rings. The molecule has 0 atom stereocenters. The molecule has 0 aliphatic carbocycles. The van der Waals surface area contributed by atoms with E-state index in [1.54, 1.807) is 6.92 Å². The van der Waals surface area contributed by atoms with Gasteiger partial charge in [0.05, 0.1) is 17.4 Å². The molecule has 0 bridgehead atoms. The van der Waals surface area contributed by atoms with Crippen LogP contribution in [-0.2, 0) is 4.74 Å². The zero-order valence-corrected chi connectivity index (χ0v) is 8.14. The van der Waals surface area contributed by atoms with Crippen molar-refractivity contribution >= 4 is 0 Å². The molecule has 0 fully saturated rings. The van der Waals surface area contributed by atoms with E-state index in [-0.39, 0.29) is 6.10 Å². The van der Waals surface area contributed by atoms with Crippen molar-refractivity contribution in [3.8, 4) is 0 Å². The quantitative estimate of drug-likeness (QED) is 0.601. The van der Waals surface area contributed by atoms with Crippen LogP contribution >= 0.6 is 0 Å². The average molecular weight is 160 g/mol. The minimum Gasteiger partial charge on any atom is -0.370 e. The van der Waals surface area contributed by atoms with Gasteiger partial charge in [-0.15, -0.1) is 0 Å². The second-order valence-corrected chi connectivity index (χ2v) is 3.96. The Morgan fingerprint density at radius 2 is 1.45 bits per heavy atom. The van der Waals surface area contributed by atoms with Gasteiger partial charge in [-0.25, -0.2) is 0 Å². The first-order chi connectivity index (χ1) is 4.67. The summed E-state index contributed by atoms with van der Waals surface area (Å²) >= 11 is 0. The molecule has 3 heteroatoms. The van der Waals surface area contributed by atoms with Gasteiger partial charge < -0.3 is 16.2 Å². The molecule has 11 heavy (non-hydrogen) atoms. The highest BCUT2D eigenvalue weighted by molar-refractivity contribution is 4.90. The Labute approximate surface area is 69.1 Å². The Morgan fingerprint density at radius 3 is 1.55 bits per heavy atom. The maximum atomic E-state index is 5.71. The molecule has 0 heterocycles. The van der Waals surface area contributed by atoms with Gasteiger partial charge in [-0.2, -0.15) is 0 Å². The Hall–Kier alpha value is -0.120. The van der Waals surface area contributed by atoms with Gasteiger partial charge in [0, 0.05) is 0 Å². The first-order valence-electron chi connectivity index (χ1n) is 3.92. The number of ether oxygens (including phenoxy) is 1. The minimum absolute atomic E-state index is 0.149. The van der Waals surface area contributed by atoms with E-state index < -0.39 is 11.3 Å². The van der Waals surface area contributed by atoms with Crippen LogP contribution in [0.15, 0.2) is 0 Å². The smallest absolute Gasteiger partial charge is 0.0935 e. The second kappa shape index (κ2) is 3.09. The molecule has 68 valence electrons. The predicted octanol–water partition coefficient (Wildman–Crippen LogP) is 0.824. The first kappa shape index (κ1) is 10.9. The largest absolute Gasteiger partial charge is 0.370 e. The third-order valence-electron chi connectivity index (χ3n) is 1.83. The molecule has 0 aliphatic heterocycles. The van der Waals surface area contributed by atoms with Crippen molar-refractivity contribution in [3.05, 3.63) is 0 Å². The van der Waals surface area contributed by atoms with E-state index >= 15 is 0 Å². The maximum Gasteiger partial charge on any atom is 0.0935 e. The first-order valence-corrected chi connectivity index (χ1v) is 3.92. The van der Waals surface area contributed by atoms with Gasteiger partial charge in [-0.3, -0.25) is 0 Å². The van der Waals surface area contributed by atoms with Crippen LogP contribution in [0.5, 0.6) is 0 Å². The molecular formula is C8H20N2O. The maximum absolute atomic E-state index is 5.71. The topological polar surface area (TPSA) is 61.3 Å². The van der Waals surface area contributed by atoms with Crippen LogP contribution in [0.2, 0.25) is 0 Å². The van der Waals surface area contributed by atoms with Crippen molar-refractivity contribution < 1.29 is 4.74 Å². The Morgan fingerprint density at radius 1 is 1.09 bits per heavy atom. The summed E-state index contributed by atoms with van der Waals surface area (Å²) in [6.45, 7) is 9.48. The van der Waals surface area contributed by atoms with Gasteiger partial charge in [0.2, 0.25) is 0 Å². The highest BCUT2D eigenvalue weighted by atomic mass is 16.5. The van der Waals surface area contributed by atoms with Gasteiger partial charge >= 0.3 is 0 Å². The summed E-state index contributed by atoms with van der Waals surface area (Å²) in [6.07, 6.45) is 0.149. The molecule has 0 rings (SSSR count). The lowest BCUT2D eigenvalue weighted by atomic mass is 9.94. The third-order valence-corrected chi connectivity index (χ3v) is 1.83. The molecule has 0 amide bonds. The second-order valence-electron chi connectivity index (χ2n) is 3.96. The van der Waals surface area contributed by atoms with E-state index in [1.165, 1.54) is 0 Å². The number of hydrogen-bond acceptors (Lipinski definition) is 3. The lowest BCUT2D eigenvalue weighted by Crippen LogP contribution is -2.63. The van der Waals surface area contributed by atoms with Gasteiger partial charge in [0.25, 0.3) is 0 Å². The highest BCUT2D eigenvalue weighted by Crippen LogP contribution is 2.20. The predicted molar refractivity (Wildman–Crippen MR) is 47.1 cm³/mol. The molecule has 4 N–H and O–H groups in total. The molecular weight excluding hydrogens is 140 g/mol. The minimum atomic E-state index is -0.794. The van der Waals surface area contributed by atoms with Gasteiger partial charge in [-0.05, 0) is 34.6 Å². The van der Waals surface area contributed by atoms with Crippen LogP contribution in [0, 0.1) is 0 Å². The summed E-state index contributed by atoms with van der Waals surface area (Å²) in [4.78, 5) is 0. The van der Waals surface area contributed by atoms with Crippen molar-refractivity contribution in [1.29, 1.82) is 0 Å². The molecule has 0 saturated heterocycles. The van der Waals surface area contributed by atoms with Crippen LogP contribution in [0.25, 0.3) is 0 Å². The van der Waals surface area contributed by atoms with E-state index in [0.717, 1.165) is 0 Å². The lowest BCUT2D eigenvalue weighted by Gasteiger charge is -2.39. The summed E-state index contributed by atoms with van der Waals surface area (Å²) in [5.41, 5.74) is 10.1. The molecule has 0 saturated carbocycles. The fourth-order valence-electron chi connectivity index (χ4n) is 0.716. The van der Waals surface area contributed by atoms with E-state index in [9.17, 15) is 0 Å². The van der Waals surface area contributed by atoms with E-state index in [4.69, 9.17) is 16.2 Å². The van der Waals surface area contributed by atoms with Gasteiger partial charge in [-0.1, -0.05) is 0 Å². The van der Waals surface area contributed by atoms with E-state index in [0.29, 0.717) is 0 Å². The van der Waals surface area contributed by atoms with Gasteiger partial charge in [0.15, 0.2) is 0 Å². The number of nitrogens with two attached hydrogens (primary N) is 2. The molecule has 0 radical (unpaired) electrons. The summed E-state index contributed by atoms with van der Waals surface area (Å²) in [5, 5.41) is 0. The molecule has 0 aromatic heterocycles. The van der Waals surface area contributed by atoms with Crippen LogP contribution in [0.4, 0.5) is 0 Å². The Bertz CT molecular complexity index is 125. The van der Waals surface area contributed by atoms with Crippen molar-refractivity contribution in [3.63, 3.8) is 0 Å². The molecule has 0 aromatic carbocycles. The molecule has 0 spiro atoms. The molecule has 0 unspecified atom stereocenters.